The summed E-state index contributed by atoms with van der Waals surface area (Å²) >= 11 is 4.06. The Kier molecular flexibility index (Phi) is 7.28. The quantitative estimate of drug-likeness (QED) is 0.0664. The number of carboxylic acid groups (broad SMARTS) is 2. The Morgan fingerprint density at radius 2 is 2.00 bits per heavy atom. The zero-order valence-corrected chi connectivity index (χ0v) is 21.6. The highest BCUT2D eigenvalue weighted by Gasteiger charge is 2.67. The van der Waals surface area contributed by atoms with Gasteiger partial charge in [-0.3, -0.25) is 19.3 Å². The highest BCUT2D eigenvalue weighted by Crippen LogP contribution is 2.53. The van der Waals surface area contributed by atoms with Crippen molar-refractivity contribution >= 4 is 76.7 Å². The molecule has 192 valence electrons. The fourth-order valence-electron chi connectivity index (χ4n) is 3.51. The predicted octanol–water partition coefficient (Wildman–Crippen LogP) is -1.40. The molecule has 1 aromatic rings. The summed E-state index contributed by atoms with van der Waals surface area (Å²) in [5, 5.41) is 32.2. The Hall–Kier alpha value is -2.74. The van der Waals surface area contributed by atoms with E-state index in [1.54, 1.807) is 7.05 Å². The number of nitrogens with two attached hydrogens (primary N) is 1. The maximum atomic E-state index is 13.2. The highest BCUT2D eigenvalue weighted by atomic mass is 32.3. The normalized spacial score (nSPS) is 25.0. The van der Waals surface area contributed by atoms with Crippen LogP contribution in [0.4, 0.5) is 0 Å². The number of carbonyl (C=O) groups excluding carboxylic acids is 3. The first-order valence-electron chi connectivity index (χ1n) is 9.75. The van der Waals surface area contributed by atoms with E-state index in [4.69, 9.17) is 15.6 Å². The van der Waals surface area contributed by atoms with E-state index in [1.807, 2.05) is 0 Å². The number of aryl methyl sites for hydroxylation is 1. The third-order valence-electron chi connectivity index (χ3n) is 5.21. The molecule has 4 rings (SSSR count). The number of carbonyl (C=O) groups is 5. The molecule has 19 heteroatoms. The minimum absolute atomic E-state index is 0.0755. The Labute approximate surface area is 219 Å². The van der Waals surface area contributed by atoms with Crippen molar-refractivity contribution in [1.29, 1.82) is 0 Å². The number of hydrogen-bond acceptors (Lipinski definition) is 13. The SMILES string of the molecule is CO[C@]1(NC(=O)C2SC(=C(C(N)=O)C(=O)O)S2)C(=O)N2C(C(=O)O)=C(CSc3nnnn3C)CS[C@@H]21. The molecule has 2 atom stereocenters. The molecule has 1 aromatic heterocycles. The number of aliphatic carboxylic acids is 2. The molecule has 0 spiro atoms. The van der Waals surface area contributed by atoms with Crippen molar-refractivity contribution in [3.8, 4) is 0 Å². The summed E-state index contributed by atoms with van der Waals surface area (Å²) in [4.78, 5) is 61.7. The lowest BCUT2D eigenvalue weighted by Gasteiger charge is -2.56. The number of β-lactam (4-membered cyclic amide) rings is 1. The van der Waals surface area contributed by atoms with Gasteiger partial charge >= 0.3 is 11.9 Å². The van der Waals surface area contributed by atoms with Gasteiger partial charge in [0.05, 0.1) is 4.24 Å². The summed E-state index contributed by atoms with van der Waals surface area (Å²) in [6.07, 6.45) is 0. The maximum Gasteiger partial charge on any atom is 0.352 e. The lowest BCUT2D eigenvalue weighted by Crippen LogP contribution is -2.81. The Morgan fingerprint density at radius 1 is 1.31 bits per heavy atom. The zero-order chi connectivity index (χ0) is 26.4. The average molecular weight is 576 g/mol. The second-order valence-electron chi connectivity index (χ2n) is 7.30. The number of fused-ring (bicyclic) bond motifs is 1. The third-order valence-corrected chi connectivity index (χ3v) is 10.5. The summed E-state index contributed by atoms with van der Waals surface area (Å²) in [5.74, 6) is -4.89. The van der Waals surface area contributed by atoms with Crippen LogP contribution in [0.3, 0.4) is 0 Å². The number of rotatable bonds is 9. The first-order chi connectivity index (χ1) is 17.0. The van der Waals surface area contributed by atoms with Gasteiger partial charge in [0.25, 0.3) is 17.5 Å². The molecule has 2 fully saturated rings. The van der Waals surface area contributed by atoms with Crippen molar-refractivity contribution in [2.75, 3.05) is 18.6 Å². The predicted molar refractivity (Wildman–Crippen MR) is 128 cm³/mol. The van der Waals surface area contributed by atoms with Crippen LogP contribution in [0.2, 0.25) is 0 Å². The van der Waals surface area contributed by atoms with E-state index in [1.165, 1.54) is 35.3 Å². The Balaban J connectivity index is 1.49. The number of carboxylic acids is 2. The maximum absolute atomic E-state index is 13.2. The van der Waals surface area contributed by atoms with Crippen molar-refractivity contribution in [3.05, 3.63) is 21.1 Å². The van der Waals surface area contributed by atoms with E-state index in [9.17, 15) is 29.1 Å². The summed E-state index contributed by atoms with van der Waals surface area (Å²) < 4.78 is 6.05. The Morgan fingerprint density at radius 3 is 2.53 bits per heavy atom. The lowest BCUT2D eigenvalue weighted by molar-refractivity contribution is -0.192. The number of primary amides is 1. The minimum atomic E-state index is -1.81. The molecule has 5 N–H and O–H groups in total. The summed E-state index contributed by atoms with van der Waals surface area (Å²) in [6, 6.07) is 0. The monoisotopic (exact) mass is 575 g/mol. The van der Waals surface area contributed by atoms with Crippen LogP contribution in [-0.4, -0.2) is 99.3 Å². The van der Waals surface area contributed by atoms with E-state index < -0.39 is 50.9 Å². The molecule has 0 saturated carbocycles. The molecular formula is C17H17N7O8S4. The topological polar surface area (TPSA) is 220 Å². The molecule has 4 heterocycles. The molecule has 15 nitrogen and oxygen atoms in total. The Bertz CT molecular complexity index is 1230. The number of ether oxygens (including phenoxy) is 1. The molecule has 3 aliphatic rings. The van der Waals surface area contributed by atoms with Crippen molar-refractivity contribution in [3.63, 3.8) is 0 Å². The van der Waals surface area contributed by atoms with Crippen LogP contribution in [0.5, 0.6) is 0 Å². The number of aromatic nitrogens is 4. The smallest absolute Gasteiger partial charge is 0.352 e. The lowest BCUT2D eigenvalue weighted by atomic mass is 9.98. The van der Waals surface area contributed by atoms with Crippen LogP contribution in [-0.2, 0) is 35.8 Å². The third kappa shape index (κ3) is 4.33. The van der Waals surface area contributed by atoms with Crippen molar-refractivity contribution in [2.24, 2.45) is 12.8 Å². The summed E-state index contributed by atoms with van der Waals surface area (Å²) in [7, 11) is 2.86. The van der Waals surface area contributed by atoms with Crippen molar-refractivity contribution in [1.82, 2.24) is 30.4 Å². The first kappa shape index (κ1) is 26.3. The van der Waals surface area contributed by atoms with Crippen LogP contribution in [0, 0.1) is 0 Å². The number of nitrogens with zero attached hydrogens (tertiary/aromatic N) is 5. The van der Waals surface area contributed by atoms with Gasteiger partial charge in [0.15, 0.2) is 0 Å². The summed E-state index contributed by atoms with van der Waals surface area (Å²) in [5.41, 5.74) is 2.93. The van der Waals surface area contributed by atoms with Gasteiger partial charge in [-0.15, -0.1) is 16.9 Å². The number of amides is 3. The van der Waals surface area contributed by atoms with Gasteiger partial charge in [0, 0.05) is 25.7 Å². The zero-order valence-electron chi connectivity index (χ0n) is 18.4. The van der Waals surface area contributed by atoms with Crippen molar-refractivity contribution in [2.45, 2.75) is 20.8 Å². The average Bonchev–Trinajstić information content (AvgIpc) is 3.20. The molecule has 0 aromatic carbocycles. The van der Waals surface area contributed by atoms with Crippen LogP contribution in [0.25, 0.3) is 0 Å². The van der Waals surface area contributed by atoms with Crippen LogP contribution in [0.15, 0.2) is 26.2 Å². The van der Waals surface area contributed by atoms with Gasteiger partial charge in [-0.2, -0.15) is 0 Å². The number of thioether (sulfide) groups is 4. The first-order valence-corrected chi connectivity index (χ1v) is 13.5. The van der Waals surface area contributed by atoms with Gasteiger partial charge in [-0.05, 0) is 16.0 Å². The molecule has 3 aliphatic heterocycles. The van der Waals surface area contributed by atoms with Gasteiger partial charge in [0.2, 0.25) is 11.1 Å². The molecule has 2 saturated heterocycles. The van der Waals surface area contributed by atoms with E-state index in [2.05, 4.69) is 20.8 Å². The minimum Gasteiger partial charge on any atom is -0.477 e. The standard InChI is InChI=1S/C17H17N7O8S4/c1-23-16(20-21-22-23)34-4-5-3-33-15-17(32-2,14(31)24(15)7(5)11(29)30)19-9(26)13-35-12(36-13)6(8(18)25)10(27)28/h13,15H,3-4H2,1-2H3,(H2,18,25)(H,19,26)(H,27,28)(H,29,30)/t13?,15-,17-/m1/s1. The molecule has 0 aliphatic carbocycles. The molecule has 0 unspecified atom stereocenters. The fourth-order valence-corrected chi connectivity index (χ4v) is 8.16. The van der Waals surface area contributed by atoms with E-state index in [-0.39, 0.29) is 21.4 Å². The van der Waals surface area contributed by atoms with E-state index in [0.29, 0.717) is 10.7 Å². The summed E-state index contributed by atoms with van der Waals surface area (Å²) in [6.45, 7) is 0. The van der Waals surface area contributed by atoms with Crippen molar-refractivity contribution < 1.29 is 38.9 Å². The molecular weight excluding hydrogens is 558 g/mol. The molecule has 36 heavy (non-hydrogen) atoms. The van der Waals surface area contributed by atoms with Gasteiger partial charge in [-0.1, -0.05) is 35.3 Å². The second-order valence-corrected chi connectivity index (χ2v) is 12.1. The van der Waals surface area contributed by atoms with E-state index >= 15 is 0 Å². The largest absolute Gasteiger partial charge is 0.477 e. The van der Waals surface area contributed by atoms with E-state index in [0.717, 1.165) is 28.4 Å². The molecule has 0 bridgehead atoms. The highest BCUT2D eigenvalue weighted by molar-refractivity contribution is 8.39. The molecule has 3 amide bonds. The molecule has 0 radical (unpaired) electrons. The number of nitrogens with one attached hydrogen (secondary N) is 1. The number of hydrogen-bond donors (Lipinski definition) is 4. The van der Waals surface area contributed by atoms with Gasteiger partial charge in [-0.25, -0.2) is 14.3 Å². The fraction of sp³-hybridized carbons (Fsp3) is 0.412. The van der Waals surface area contributed by atoms with Crippen LogP contribution in [0.1, 0.15) is 0 Å². The number of methoxy groups -OCH3 is 1. The second kappa shape index (κ2) is 9.96. The van der Waals surface area contributed by atoms with Gasteiger partial charge in [0.1, 0.15) is 21.2 Å². The number of tetrazole rings is 1. The van der Waals surface area contributed by atoms with Crippen LogP contribution < -0.4 is 11.1 Å². The van der Waals surface area contributed by atoms with Gasteiger partial charge < -0.3 is 26.0 Å². The van der Waals surface area contributed by atoms with Crippen LogP contribution >= 0.6 is 47.0 Å².